The molecule has 2 aromatic carbocycles. The summed E-state index contributed by atoms with van der Waals surface area (Å²) in [5, 5.41) is 9.88. The van der Waals surface area contributed by atoms with Crippen molar-refractivity contribution in [2.75, 3.05) is 20.6 Å². The van der Waals surface area contributed by atoms with Crippen LogP contribution in [0.1, 0.15) is 49.2 Å². The first kappa shape index (κ1) is 21.7. The van der Waals surface area contributed by atoms with Crippen molar-refractivity contribution >= 4 is 11.5 Å². The Kier molecular flexibility index (Phi) is 7.41. The molecule has 28 heavy (non-hydrogen) atoms. The molecule has 0 spiro atoms. The van der Waals surface area contributed by atoms with Gasteiger partial charge in [0.25, 0.3) is 5.91 Å². The fourth-order valence-corrected chi connectivity index (χ4v) is 3.36. The number of carbonyl (C=O) groups is 1. The molecule has 0 bridgehead atoms. The van der Waals surface area contributed by atoms with Gasteiger partial charge in [0, 0.05) is 24.2 Å². The Hall–Kier alpha value is -2.59. The van der Waals surface area contributed by atoms with E-state index in [1.807, 2.05) is 83.1 Å². The fourth-order valence-electron chi connectivity index (χ4n) is 3.36. The summed E-state index contributed by atoms with van der Waals surface area (Å²) in [6.07, 6.45) is 2.14. The van der Waals surface area contributed by atoms with Crippen molar-refractivity contribution in [3.63, 3.8) is 0 Å². The van der Waals surface area contributed by atoms with Crippen LogP contribution in [0.3, 0.4) is 0 Å². The summed E-state index contributed by atoms with van der Waals surface area (Å²) in [6.45, 7) is 8.93. The highest BCUT2D eigenvalue weighted by molar-refractivity contribution is 5.95. The summed E-state index contributed by atoms with van der Waals surface area (Å²) < 4.78 is 0. The summed E-state index contributed by atoms with van der Waals surface area (Å²) in [5.41, 5.74) is 3.69. The van der Waals surface area contributed by atoms with Crippen LogP contribution >= 0.6 is 0 Å². The number of likely N-dealkylation sites (N-methyl/N-ethyl adjacent to an activating group) is 1. The molecule has 1 N–H and O–H groups in total. The van der Waals surface area contributed by atoms with Crippen LogP contribution in [0.15, 0.2) is 54.6 Å². The van der Waals surface area contributed by atoms with Crippen LogP contribution in [0.2, 0.25) is 0 Å². The summed E-state index contributed by atoms with van der Waals surface area (Å²) in [6, 6.07) is 15.3. The van der Waals surface area contributed by atoms with Crippen molar-refractivity contribution in [1.82, 2.24) is 9.80 Å². The number of hydrogen-bond acceptors (Lipinski definition) is 3. The van der Waals surface area contributed by atoms with Gasteiger partial charge in [-0.1, -0.05) is 30.3 Å². The lowest BCUT2D eigenvalue weighted by Crippen LogP contribution is -2.42. The summed E-state index contributed by atoms with van der Waals surface area (Å²) >= 11 is 0. The van der Waals surface area contributed by atoms with E-state index >= 15 is 0 Å². The third kappa shape index (κ3) is 5.46. The average Bonchev–Trinajstić information content (AvgIpc) is 2.61. The molecule has 2 aromatic rings. The largest absolute Gasteiger partial charge is 0.508 e. The summed E-state index contributed by atoms with van der Waals surface area (Å²) in [4.78, 5) is 16.9. The third-order valence-electron chi connectivity index (χ3n) is 4.61. The number of benzene rings is 2. The Morgan fingerprint density at radius 1 is 0.929 bits per heavy atom. The van der Waals surface area contributed by atoms with Gasteiger partial charge in [0.1, 0.15) is 5.75 Å². The van der Waals surface area contributed by atoms with Crippen LogP contribution < -0.4 is 0 Å². The molecule has 0 aliphatic rings. The fraction of sp³-hybridized carbons (Fsp3) is 0.375. The number of carbonyl (C=O) groups excluding carboxylic acids is 1. The lowest BCUT2D eigenvalue weighted by atomic mass is 9.96. The van der Waals surface area contributed by atoms with E-state index in [0.717, 1.165) is 23.2 Å². The predicted molar refractivity (Wildman–Crippen MR) is 117 cm³/mol. The van der Waals surface area contributed by atoms with E-state index < -0.39 is 0 Å². The second-order valence-electron chi connectivity index (χ2n) is 7.91. The van der Waals surface area contributed by atoms with Crippen LogP contribution in [0.5, 0.6) is 5.75 Å². The smallest absolute Gasteiger partial charge is 0.254 e. The Morgan fingerprint density at radius 3 is 2.00 bits per heavy atom. The summed E-state index contributed by atoms with van der Waals surface area (Å²) in [5.74, 6) is 0.289. The highest BCUT2D eigenvalue weighted by Gasteiger charge is 2.21. The molecule has 0 aromatic heterocycles. The minimum Gasteiger partial charge on any atom is -0.508 e. The zero-order chi connectivity index (χ0) is 20.8. The number of aromatic hydroxyl groups is 1. The molecule has 0 heterocycles. The van der Waals surface area contributed by atoms with E-state index in [9.17, 15) is 9.90 Å². The van der Waals surface area contributed by atoms with E-state index in [1.165, 1.54) is 0 Å². The van der Waals surface area contributed by atoms with E-state index in [2.05, 4.69) is 11.0 Å². The van der Waals surface area contributed by atoms with Crippen LogP contribution in [0, 0.1) is 0 Å². The lowest BCUT2D eigenvalue weighted by Gasteiger charge is -2.31. The molecule has 4 nitrogen and oxygen atoms in total. The molecular weight excluding hydrogens is 348 g/mol. The van der Waals surface area contributed by atoms with Gasteiger partial charge >= 0.3 is 0 Å². The van der Waals surface area contributed by atoms with E-state index in [0.29, 0.717) is 5.56 Å². The van der Waals surface area contributed by atoms with Gasteiger partial charge in [0.2, 0.25) is 0 Å². The number of rotatable bonds is 7. The molecule has 0 atom stereocenters. The maximum atomic E-state index is 12.9. The SMILES string of the molecule is CC(C)N(C(=O)c1ccc(C(=CCN(C)C)c2cccc(O)c2)cc1)C(C)C. The number of nitrogens with zero attached hydrogens (tertiary/aromatic N) is 2. The monoisotopic (exact) mass is 380 g/mol. The Bertz CT molecular complexity index is 813. The molecule has 0 unspecified atom stereocenters. The molecule has 150 valence electrons. The molecule has 0 fully saturated rings. The second kappa shape index (κ2) is 9.56. The first-order valence-electron chi connectivity index (χ1n) is 9.78. The van der Waals surface area contributed by atoms with Crippen molar-refractivity contribution in [1.29, 1.82) is 0 Å². The van der Waals surface area contributed by atoms with Crippen LogP contribution in [-0.2, 0) is 0 Å². The third-order valence-corrected chi connectivity index (χ3v) is 4.61. The minimum absolute atomic E-state index is 0.0488. The molecule has 0 saturated carbocycles. The van der Waals surface area contributed by atoms with Gasteiger partial charge < -0.3 is 14.9 Å². The zero-order valence-electron chi connectivity index (χ0n) is 17.8. The first-order valence-corrected chi connectivity index (χ1v) is 9.78. The van der Waals surface area contributed by atoms with E-state index in [-0.39, 0.29) is 23.7 Å². The van der Waals surface area contributed by atoms with E-state index in [1.54, 1.807) is 12.1 Å². The standard InChI is InChI=1S/C24H32N2O2/c1-17(2)26(18(3)4)24(28)20-12-10-19(11-13-20)23(14-15-25(5)6)21-8-7-9-22(27)16-21/h7-14,16-18,27H,15H2,1-6H3. The minimum atomic E-state index is 0.0488. The number of hydrogen-bond donors (Lipinski definition) is 1. The van der Waals surface area contributed by atoms with Crippen LogP contribution in [0.4, 0.5) is 0 Å². The Labute approximate surface area is 169 Å². The molecule has 1 amide bonds. The van der Waals surface area contributed by atoms with Crippen molar-refractivity contribution in [3.05, 3.63) is 71.3 Å². The Morgan fingerprint density at radius 2 is 1.50 bits per heavy atom. The normalized spacial score (nSPS) is 12.1. The highest BCUT2D eigenvalue weighted by Crippen LogP contribution is 2.27. The van der Waals surface area contributed by atoms with E-state index in [4.69, 9.17) is 0 Å². The molecule has 0 saturated heterocycles. The van der Waals surface area contributed by atoms with Crippen LogP contribution in [0.25, 0.3) is 5.57 Å². The zero-order valence-corrected chi connectivity index (χ0v) is 17.8. The van der Waals surface area contributed by atoms with Gasteiger partial charge in [-0.25, -0.2) is 0 Å². The number of amides is 1. The van der Waals surface area contributed by atoms with Gasteiger partial charge in [0.05, 0.1) is 0 Å². The molecule has 0 radical (unpaired) electrons. The Balaban J connectivity index is 2.38. The summed E-state index contributed by atoms with van der Waals surface area (Å²) in [7, 11) is 4.04. The van der Waals surface area contributed by atoms with Gasteiger partial charge in [-0.05, 0) is 82.8 Å². The van der Waals surface area contributed by atoms with Gasteiger partial charge in [-0.15, -0.1) is 0 Å². The topological polar surface area (TPSA) is 43.8 Å². The van der Waals surface area contributed by atoms with Gasteiger partial charge in [0.15, 0.2) is 0 Å². The predicted octanol–water partition coefficient (Wildman–Crippen LogP) is 4.64. The molecule has 4 heteroatoms. The van der Waals surface area contributed by atoms with Crippen LogP contribution in [-0.4, -0.2) is 53.5 Å². The number of phenolic OH excluding ortho intramolecular Hbond substituents is 1. The lowest BCUT2D eigenvalue weighted by molar-refractivity contribution is 0.0643. The highest BCUT2D eigenvalue weighted by atomic mass is 16.3. The molecule has 0 aliphatic carbocycles. The van der Waals surface area contributed by atoms with Crippen molar-refractivity contribution in [2.45, 2.75) is 39.8 Å². The quantitative estimate of drug-likeness (QED) is 0.761. The molecule has 0 aliphatic heterocycles. The van der Waals surface area contributed by atoms with Gasteiger partial charge in [-0.3, -0.25) is 4.79 Å². The van der Waals surface area contributed by atoms with Crippen molar-refractivity contribution < 1.29 is 9.90 Å². The maximum absolute atomic E-state index is 12.9. The average molecular weight is 381 g/mol. The second-order valence-corrected chi connectivity index (χ2v) is 7.91. The van der Waals surface area contributed by atoms with Crippen molar-refractivity contribution in [3.8, 4) is 5.75 Å². The van der Waals surface area contributed by atoms with Gasteiger partial charge in [-0.2, -0.15) is 0 Å². The maximum Gasteiger partial charge on any atom is 0.254 e. The first-order chi connectivity index (χ1) is 13.2. The van der Waals surface area contributed by atoms with Crippen molar-refractivity contribution in [2.24, 2.45) is 0 Å². The number of phenols is 1. The molecule has 2 rings (SSSR count). The molecular formula is C24H32N2O2.